The maximum atomic E-state index is 8.76. The number of rotatable bonds is 9. The van der Waals surface area contributed by atoms with Crippen LogP contribution in [0.1, 0.15) is 10.4 Å². The molecular weight excluding hydrogens is 689 g/mol. The minimum atomic E-state index is 0.622. The molecule has 0 spiro atoms. The average Bonchev–Trinajstić information content (AvgIpc) is 3.63. The highest BCUT2D eigenvalue weighted by atomic mass is 32.1. The molecule has 0 radical (unpaired) electrons. The van der Waals surface area contributed by atoms with Gasteiger partial charge in [0.25, 0.3) is 0 Å². The Hall–Kier alpha value is -7.00. The summed E-state index contributed by atoms with van der Waals surface area (Å²) in [4.78, 5) is 9.81. The van der Waals surface area contributed by atoms with Gasteiger partial charge in [-0.2, -0.15) is 4.58 Å². The number of para-hydroxylation sites is 4. The van der Waals surface area contributed by atoms with Crippen LogP contribution in [-0.2, 0) is 0 Å². The molecule has 0 N–H and O–H groups in total. The maximum absolute atomic E-state index is 8.76. The molecule has 7 aromatic rings. The molecule has 0 unspecified atom stereocenters. The molecule has 0 saturated carbocycles. The third kappa shape index (κ3) is 7.20. The minimum absolute atomic E-state index is 0.622. The van der Waals surface area contributed by atoms with Crippen molar-refractivity contribution in [1.29, 1.82) is 0 Å². The van der Waals surface area contributed by atoms with Crippen molar-refractivity contribution in [1.82, 2.24) is 0 Å². The first-order valence-corrected chi connectivity index (χ1v) is 19.1. The van der Waals surface area contributed by atoms with Crippen LogP contribution in [-0.4, -0.2) is 24.4 Å². The number of allylic oxidation sites excluding steroid dienone is 5. The van der Waals surface area contributed by atoms with E-state index in [1.807, 2.05) is 30.3 Å². The minimum Gasteiger partial charge on any atom is -0.345 e. The molecule has 0 fully saturated rings. The third-order valence-corrected chi connectivity index (χ3v) is 11.1. The van der Waals surface area contributed by atoms with Gasteiger partial charge >= 0.3 is 0 Å². The summed E-state index contributed by atoms with van der Waals surface area (Å²) in [6, 6.07) is 60.7. The molecule has 4 nitrogen and oxygen atoms in total. The molecule has 0 saturated heterocycles. The lowest BCUT2D eigenvalue weighted by atomic mass is 9.91. The van der Waals surface area contributed by atoms with Gasteiger partial charge in [0, 0.05) is 70.1 Å². The summed E-state index contributed by atoms with van der Waals surface area (Å²) in [7, 11) is 4.19. The summed E-state index contributed by atoms with van der Waals surface area (Å²) in [6.45, 7) is 8.76. The Balaban J connectivity index is 1.37. The number of hydrogen-bond donors (Lipinski definition) is 0. The summed E-state index contributed by atoms with van der Waals surface area (Å²) in [5.74, 6) is 0. The normalized spacial score (nSPS) is 11.9. The topological polar surface area (TPSA) is 13.8 Å². The number of hydrogen-bond acceptors (Lipinski definition) is 3. The summed E-state index contributed by atoms with van der Waals surface area (Å²) in [5, 5.41) is 0.875. The van der Waals surface area contributed by atoms with E-state index in [0.29, 0.717) is 5.69 Å². The third-order valence-electron chi connectivity index (χ3n) is 9.87. The molecule has 264 valence electrons. The van der Waals surface area contributed by atoms with Crippen molar-refractivity contribution >= 4 is 61.7 Å². The largest absolute Gasteiger partial charge is 0.345 e. The van der Waals surface area contributed by atoms with Crippen molar-refractivity contribution in [2.45, 2.75) is 0 Å². The van der Waals surface area contributed by atoms with E-state index in [9.17, 15) is 0 Å². The van der Waals surface area contributed by atoms with Gasteiger partial charge in [-0.05, 0) is 77.4 Å². The fourth-order valence-corrected chi connectivity index (χ4v) is 8.38. The van der Waals surface area contributed by atoms with Crippen LogP contribution in [0.5, 0.6) is 0 Å². The lowest BCUT2D eigenvalue weighted by Crippen LogP contribution is -2.10. The molecule has 1 aliphatic rings. The van der Waals surface area contributed by atoms with Crippen LogP contribution in [0, 0.1) is 6.57 Å². The van der Waals surface area contributed by atoms with E-state index < -0.39 is 0 Å². The number of nitrogens with zero attached hydrogens (tertiary/aromatic N) is 4. The van der Waals surface area contributed by atoms with Gasteiger partial charge in [-0.1, -0.05) is 115 Å². The van der Waals surface area contributed by atoms with Gasteiger partial charge in [-0.3, -0.25) is 0 Å². The van der Waals surface area contributed by atoms with Crippen LogP contribution < -0.4 is 9.80 Å². The fraction of sp³-hybridized carbons (Fsp3) is 0.0400. The van der Waals surface area contributed by atoms with Gasteiger partial charge in [0.1, 0.15) is 12.0 Å². The smallest absolute Gasteiger partial charge is 0.229 e. The first kappa shape index (κ1) is 35.1. The standard InChI is InChI=1S/C50H39N4S/c1-51-48-47(37-19-9-4-10-20-37)49(55-50(48)54(44-25-15-7-16-26-44)45-27-17-8-18-28-45)46(38-29-33-42(34-30-38)52(2)40-21-11-5-12-22-40)39-31-35-43(36-32-39)53(3)41-23-13-6-14-24-41/h4-36H,2-3H3/q+1. The average molecular weight is 728 g/mol. The molecule has 55 heavy (non-hydrogen) atoms. The first-order valence-electron chi connectivity index (χ1n) is 18.3. The molecule has 8 rings (SSSR count). The quantitative estimate of drug-likeness (QED) is 0.109. The predicted octanol–water partition coefficient (Wildman–Crippen LogP) is 13.5. The van der Waals surface area contributed by atoms with Gasteiger partial charge in [0.15, 0.2) is 0 Å². The zero-order valence-corrected chi connectivity index (χ0v) is 31.6. The molecule has 0 amide bonds. The molecule has 5 heteroatoms. The van der Waals surface area contributed by atoms with Gasteiger partial charge in [0.2, 0.25) is 17.1 Å². The molecule has 6 aromatic carbocycles. The molecule has 1 aliphatic carbocycles. The lowest BCUT2D eigenvalue weighted by Gasteiger charge is -2.24. The molecular formula is C50H39N4S+. The van der Waals surface area contributed by atoms with Crippen LogP contribution in [0.2, 0.25) is 0 Å². The summed E-state index contributed by atoms with van der Waals surface area (Å²) >= 11 is 1.67. The van der Waals surface area contributed by atoms with Crippen LogP contribution in [0.15, 0.2) is 206 Å². The number of benzene rings is 6. The second-order valence-electron chi connectivity index (χ2n) is 13.2. The zero-order chi connectivity index (χ0) is 37.6. The van der Waals surface area contributed by atoms with E-state index in [-0.39, 0.29) is 0 Å². The van der Waals surface area contributed by atoms with Crippen LogP contribution in [0.3, 0.4) is 0 Å². The lowest BCUT2D eigenvalue weighted by molar-refractivity contribution is -0.403. The Morgan fingerprint density at radius 1 is 0.564 bits per heavy atom. The summed E-state index contributed by atoms with van der Waals surface area (Å²) in [5.41, 5.74) is 12.2. The molecule has 0 bridgehead atoms. The molecule has 0 atom stereocenters. The highest BCUT2D eigenvalue weighted by Gasteiger charge is 2.29. The SMILES string of the molecule is [C-]#[N+]c1c(N(c2ccccc2)c2ccccc2)sc(C(=C2C=CC(=[N+](C)c3ccccc3)C=C2)c2ccc(N(C)c3ccccc3)cc2)c1-c1ccccc1. The van der Waals surface area contributed by atoms with E-state index >= 15 is 0 Å². The van der Waals surface area contributed by atoms with Crippen molar-refractivity contribution < 1.29 is 4.58 Å². The second kappa shape index (κ2) is 15.9. The van der Waals surface area contributed by atoms with E-state index in [0.717, 1.165) is 71.9 Å². The monoisotopic (exact) mass is 727 g/mol. The fourth-order valence-electron chi connectivity index (χ4n) is 6.99. The number of anilines is 5. The van der Waals surface area contributed by atoms with Crippen molar-refractivity contribution in [3.8, 4) is 11.1 Å². The van der Waals surface area contributed by atoms with E-state index in [2.05, 4.69) is 203 Å². The maximum Gasteiger partial charge on any atom is 0.229 e. The van der Waals surface area contributed by atoms with E-state index in [1.165, 1.54) is 0 Å². The van der Waals surface area contributed by atoms with Crippen molar-refractivity contribution in [3.63, 3.8) is 0 Å². The zero-order valence-electron chi connectivity index (χ0n) is 30.7. The van der Waals surface area contributed by atoms with Crippen molar-refractivity contribution in [2.24, 2.45) is 0 Å². The Bertz CT molecular complexity index is 2520. The van der Waals surface area contributed by atoms with Crippen LogP contribution in [0.25, 0.3) is 21.5 Å². The Morgan fingerprint density at radius 3 is 1.56 bits per heavy atom. The summed E-state index contributed by atoms with van der Waals surface area (Å²) < 4.78 is 2.20. The van der Waals surface area contributed by atoms with Crippen LogP contribution in [0.4, 0.5) is 39.1 Å². The van der Waals surface area contributed by atoms with Crippen molar-refractivity contribution in [3.05, 3.63) is 228 Å². The van der Waals surface area contributed by atoms with E-state index in [4.69, 9.17) is 6.57 Å². The molecule has 0 aliphatic heterocycles. The first-order chi connectivity index (χ1) is 27.1. The van der Waals surface area contributed by atoms with E-state index in [1.54, 1.807) is 11.3 Å². The Kier molecular flexibility index (Phi) is 10.2. The Morgan fingerprint density at radius 2 is 1.04 bits per heavy atom. The Labute approximate surface area is 327 Å². The summed E-state index contributed by atoms with van der Waals surface area (Å²) in [6.07, 6.45) is 8.80. The van der Waals surface area contributed by atoms with Gasteiger partial charge in [0.05, 0.1) is 6.57 Å². The molecule has 1 aromatic heterocycles. The van der Waals surface area contributed by atoms with Crippen LogP contribution >= 0.6 is 11.3 Å². The van der Waals surface area contributed by atoms with Gasteiger partial charge in [-0.15, -0.1) is 11.3 Å². The van der Waals surface area contributed by atoms with Crippen molar-refractivity contribution in [2.75, 3.05) is 23.9 Å². The number of thiophene rings is 1. The predicted molar refractivity (Wildman–Crippen MR) is 233 cm³/mol. The highest BCUT2D eigenvalue weighted by Crippen LogP contribution is 2.55. The van der Waals surface area contributed by atoms with Gasteiger partial charge in [-0.25, -0.2) is 4.85 Å². The van der Waals surface area contributed by atoms with Gasteiger partial charge < -0.3 is 9.80 Å². The second-order valence-corrected chi connectivity index (χ2v) is 14.2. The highest BCUT2D eigenvalue weighted by molar-refractivity contribution is 7.18. The molecule has 1 heterocycles.